The second kappa shape index (κ2) is 7.70. The van der Waals surface area contributed by atoms with Gasteiger partial charge in [-0.25, -0.2) is 14.4 Å². The minimum atomic E-state index is -0.334. The SMILES string of the molecule is COc1ccc(F)cc1C1=NCC(c2cnc(N3CCCCC3C)c(C)c2)=N1. The lowest BCUT2D eigenvalue weighted by Crippen LogP contribution is -2.38. The maximum atomic E-state index is 13.7. The smallest absolute Gasteiger partial charge is 0.159 e. The molecule has 1 fully saturated rings. The molecule has 1 aromatic carbocycles. The van der Waals surface area contributed by atoms with E-state index >= 15 is 0 Å². The van der Waals surface area contributed by atoms with Crippen molar-refractivity contribution >= 4 is 17.4 Å². The van der Waals surface area contributed by atoms with Crippen LogP contribution >= 0.6 is 0 Å². The van der Waals surface area contributed by atoms with Crippen LogP contribution in [0.2, 0.25) is 0 Å². The lowest BCUT2D eigenvalue weighted by Gasteiger charge is -2.35. The summed E-state index contributed by atoms with van der Waals surface area (Å²) in [5.74, 6) is 1.79. The zero-order valence-electron chi connectivity index (χ0n) is 16.6. The molecular weight excluding hydrogens is 355 g/mol. The van der Waals surface area contributed by atoms with Crippen LogP contribution in [0.25, 0.3) is 0 Å². The molecule has 1 aromatic heterocycles. The molecule has 146 valence electrons. The number of aryl methyl sites for hydroxylation is 1. The number of ether oxygens (including phenoxy) is 1. The number of hydrogen-bond acceptors (Lipinski definition) is 5. The first-order valence-corrected chi connectivity index (χ1v) is 9.76. The molecular formula is C22H25FN4O. The average molecular weight is 380 g/mol. The van der Waals surface area contributed by atoms with Crippen LogP contribution in [0.3, 0.4) is 0 Å². The molecule has 6 heteroatoms. The van der Waals surface area contributed by atoms with Crippen molar-refractivity contribution in [1.29, 1.82) is 0 Å². The Kier molecular flexibility index (Phi) is 5.11. The number of halogens is 1. The third-order valence-electron chi connectivity index (χ3n) is 5.48. The number of nitrogens with zero attached hydrogens (tertiary/aromatic N) is 4. The molecule has 0 bridgehead atoms. The van der Waals surface area contributed by atoms with Crippen LogP contribution < -0.4 is 9.64 Å². The molecule has 0 radical (unpaired) electrons. The van der Waals surface area contributed by atoms with E-state index in [0.717, 1.165) is 29.2 Å². The Labute approximate surface area is 165 Å². The Morgan fingerprint density at radius 1 is 1.21 bits per heavy atom. The van der Waals surface area contributed by atoms with E-state index in [2.05, 4.69) is 34.8 Å². The quantitative estimate of drug-likeness (QED) is 0.800. The molecule has 1 unspecified atom stereocenters. The average Bonchev–Trinajstić information content (AvgIpc) is 3.19. The van der Waals surface area contributed by atoms with Gasteiger partial charge in [-0.15, -0.1) is 0 Å². The van der Waals surface area contributed by atoms with Gasteiger partial charge in [-0.05, 0) is 62.9 Å². The van der Waals surface area contributed by atoms with Crippen molar-refractivity contribution in [1.82, 2.24) is 4.98 Å². The molecule has 2 aliphatic heterocycles. The fourth-order valence-corrected chi connectivity index (χ4v) is 3.94. The number of piperidine rings is 1. The summed E-state index contributed by atoms with van der Waals surface area (Å²) in [5, 5.41) is 0. The van der Waals surface area contributed by atoms with Crippen molar-refractivity contribution in [3.05, 3.63) is 53.0 Å². The maximum Gasteiger partial charge on any atom is 0.159 e. The summed E-state index contributed by atoms with van der Waals surface area (Å²) < 4.78 is 19.0. The third kappa shape index (κ3) is 3.51. The highest BCUT2D eigenvalue weighted by atomic mass is 19.1. The Bertz CT molecular complexity index is 954. The predicted octanol–water partition coefficient (Wildman–Crippen LogP) is 4.17. The van der Waals surface area contributed by atoms with Crippen molar-refractivity contribution < 1.29 is 9.13 Å². The lowest BCUT2D eigenvalue weighted by molar-refractivity contribution is 0.412. The molecule has 0 N–H and O–H groups in total. The van der Waals surface area contributed by atoms with Crippen LogP contribution in [0, 0.1) is 12.7 Å². The van der Waals surface area contributed by atoms with Crippen LogP contribution in [0.15, 0.2) is 40.4 Å². The number of pyridine rings is 1. The molecule has 0 saturated carbocycles. The van der Waals surface area contributed by atoms with Gasteiger partial charge in [0.05, 0.1) is 24.9 Å². The van der Waals surface area contributed by atoms with Gasteiger partial charge in [0.25, 0.3) is 0 Å². The molecule has 4 rings (SSSR count). The van der Waals surface area contributed by atoms with Gasteiger partial charge in [-0.3, -0.25) is 4.99 Å². The summed E-state index contributed by atoms with van der Waals surface area (Å²) in [5.41, 5.74) is 3.52. The number of aliphatic imine (C=N–C) groups is 2. The second-order valence-electron chi connectivity index (χ2n) is 7.45. The van der Waals surface area contributed by atoms with E-state index in [-0.39, 0.29) is 5.82 Å². The molecule has 28 heavy (non-hydrogen) atoms. The van der Waals surface area contributed by atoms with Gasteiger partial charge in [0.15, 0.2) is 5.84 Å². The number of rotatable bonds is 4. The first-order chi connectivity index (χ1) is 13.6. The molecule has 0 spiro atoms. The number of benzene rings is 1. The monoisotopic (exact) mass is 380 g/mol. The van der Waals surface area contributed by atoms with E-state index < -0.39 is 0 Å². The van der Waals surface area contributed by atoms with E-state index in [4.69, 9.17) is 9.72 Å². The minimum absolute atomic E-state index is 0.334. The van der Waals surface area contributed by atoms with Gasteiger partial charge < -0.3 is 9.64 Å². The Balaban J connectivity index is 1.60. The lowest BCUT2D eigenvalue weighted by atomic mass is 10.0. The zero-order chi connectivity index (χ0) is 19.7. The van der Waals surface area contributed by atoms with Gasteiger partial charge in [0, 0.05) is 24.3 Å². The maximum absolute atomic E-state index is 13.7. The molecule has 1 saturated heterocycles. The molecule has 3 heterocycles. The predicted molar refractivity (Wildman–Crippen MR) is 111 cm³/mol. The fourth-order valence-electron chi connectivity index (χ4n) is 3.94. The first-order valence-electron chi connectivity index (χ1n) is 9.76. The van der Waals surface area contributed by atoms with Crippen LogP contribution in [0.4, 0.5) is 10.2 Å². The van der Waals surface area contributed by atoms with E-state index in [9.17, 15) is 4.39 Å². The Morgan fingerprint density at radius 3 is 2.82 bits per heavy atom. The zero-order valence-corrected chi connectivity index (χ0v) is 16.6. The van der Waals surface area contributed by atoms with E-state index in [1.165, 1.54) is 31.4 Å². The van der Waals surface area contributed by atoms with Gasteiger partial charge >= 0.3 is 0 Å². The third-order valence-corrected chi connectivity index (χ3v) is 5.48. The molecule has 5 nitrogen and oxygen atoms in total. The Morgan fingerprint density at radius 2 is 2.07 bits per heavy atom. The highest BCUT2D eigenvalue weighted by Gasteiger charge is 2.23. The van der Waals surface area contributed by atoms with Gasteiger partial charge in [0.2, 0.25) is 0 Å². The minimum Gasteiger partial charge on any atom is -0.496 e. The normalized spacial score (nSPS) is 19.4. The number of aromatic nitrogens is 1. The fraction of sp³-hybridized carbons (Fsp3) is 0.409. The summed E-state index contributed by atoms with van der Waals surface area (Å²) in [4.78, 5) is 16.3. The van der Waals surface area contributed by atoms with Crippen molar-refractivity contribution in [2.24, 2.45) is 9.98 Å². The standard InChI is InChI=1S/C22H25FN4O/c1-14-10-16(12-25-22(14)27-9-5-4-6-15(27)2)19-13-24-21(26-19)18-11-17(23)7-8-20(18)28-3/h7-8,10-12,15H,4-6,9,13H2,1-3H3. The molecule has 2 aromatic rings. The summed E-state index contributed by atoms with van der Waals surface area (Å²) in [6, 6.07) is 7.03. The Hall–Kier alpha value is -2.76. The summed E-state index contributed by atoms with van der Waals surface area (Å²) >= 11 is 0. The van der Waals surface area contributed by atoms with E-state index in [0.29, 0.717) is 29.7 Å². The van der Waals surface area contributed by atoms with Crippen molar-refractivity contribution in [3.8, 4) is 5.75 Å². The topological polar surface area (TPSA) is 50.1 Å². The molecule has 0 aliphatic carbocycles. The number of methoxy groups -OCH3 is 1. The highest BCUT2D eigenvalue weighted by molar-refractivity contribution is 6.18. The van der Waals surface area contributed by atoms with Gasteiger partial charge in [-0.2, -0.15) is 0 Å². The number of hydrogen-bond donors (Lipinski definition) is 0. The summed E-state index contributed by atoms with van der Waals surface area (Å²) in [6.45, 7) is 5.87. The largest absolute Gasteiger partial charge is 0.496 e. The van der Waals surface area contributed by atoms with Crippen LogP contribution in [0.5, 0.6) is 5.75 Å². The number of amidine groups is 1. The second-order valence-corrected chi connectivity index (χ2v) is 7.45. The molecule has 1 atom stereocenters. The van der Waals surface area contributed by atoms with Crippen molar-refractivity contribution in [2.45, 2.75) is 39.2 Å². The van der Waals surface area contributed by atoms with E-state index in [1.807, 2.05) is 6.20 Å². The molecule has 0 amide bonds. The van der Waals surface area contributed by atoms with Crippen LogP contribution in [0.1, 0.15) is 42.9 Å². The summed E-state index contributed by atoms with van der Waals surface area (Å²) in [6.07, 6.45) is 5.59. The van der Waals surface area contributed by atoms with Crippen molar-refractivity contribution in [2.75, 3.05) is 25.1 Å². The number of anilines is 1. The van der Waals surface area contributed by atoms with Crippen LogP contribution in [-0.4, -0.2) is 42.8 Å². The van der Waals surface area contributed by atoms with Gasteiger partial charge in [-0.1, -0.05) is 0 Å². The van der Waals surface area contributed by atoms with Crippen LogP contribution in [-0.2, 0) is 0 Å². The molecule has 2 aliphatic rings. The first kappa shape index (κ1) is 18.6. The van der Waals surface area contributed by atoms with E-state index in [1.54, 1.807) is 13.2 Å². The highest BCUT2D eigenvalue weighted by Crippen LogP contribution is 2.27. The summed E-state index contributed by atoms with van der Waals surface area (Å²) in [7, 11) is 1.56. The van der Waals surface area contributed by atoms with Crippen molar-refractivity contribution in [3.63, 3.8) is 0 Å². The van der Waals surface area contributed by atoms with Gasteiger partial charge in [0.1, 0.15) is 17.4 Å².